The van der Waals surface area contributed by atoms with Crippen molar-refractivity contribution in [3.8, 4) is 22.8 Å². The van der Waals surface area contributed by atoms with Gasteiger partial charge in [0.15, 0.2) is 5.76 Å². The number of nitrogens with one attached hydrogen (secondary N) is 1. The highest BCUT2D eigenvalue weighted by Gasteiger charge is 2.48. The van der Waals surface area contributed by atoms with E-state index in [1.54, 1.807) is 37.5 Å². The molecular formula is C22H18FN7O3. The zero-order valence-corrected chi connectivity index (χ0v) is 17.4. The number of hydrogen-bond acceptors (Lipinski definition) is 9. The number of nitrogens with zero attached hydrogens (tertiary/aromatic N) is 6. The summed E-state index contributed by atoms with van der Waals surface area (Å²) in [5.41, 5.74) is 0.222. The molecule has 11 heteroatoms. The largest absolute Gasteiger partial charge is 0.373 e. The van der Waals surface area contributed by atoms with Gasteiger partial charge in [0, 0.05) is 32.3 Å². The Kier molecular flexibility index (Phi) is 5.02. The summed E-state index contributed by atoms with van der Waals surface area (Å²) >= 11 is 0. The second-order valence-electron chi connectivity index (χ2n) is 7.57. The second kappa shape index (κ2) is 8.02. The van der Waals surface area contributed by atoms with Crippen LogP contribution in [0.25, 0.3) is 22.8 Å². The van der Waals surface area contributed by atoms with E-state index in [1.807, 2.05) is 0 Å². The Morgan fingerprint density at radius 2 is 1.88 bits per heavy atom. The number of hydrogen-bond donors (Lipinski definition) is 2. The number of anilines is 2. The van der Waals surface area contributed by atoms with E-state index in [0.29, 0.717) is 35.1 Å². The molecule has 0 aliphatic carbocycles. The van der Waals surface area contributed by atoms with E-state index in [1.165, 1.54) is 23.1 Å². The van der Waals surface area contributed by atoms with E-state index in [4.69, 9.17) is 4.52 Å². The van der Waals surface area contributed by atoms with Crippen molar-refractivity contribution in [1.82, 2.24) is 30.0 Å². The number of likely N-dealkylation sites (N-methyl/N-ethyl adjacent to an activating group) is 1. The number of carbonyl (C=O) groups excluding carboxylic acids is 1. The van der Waals surface area contributed by atoms with Gasteiger partial charge in [-0.3, -0.25) is 4.79 Å². The molecule has 0 spiro atoms. The van der Waals surface area contributed by atoms with Crippen molar-refractivity contribution in [2.45, 2.75) is 12.0 Å². The Bertz CT molecular complexity index is 1330. The molecule has 166 valence electrons. The summed E-state index contributed by atoms with van der Waals surface area (Å²) in [4.78, 5) is 30.9. The van der Waals surface area contributed by atoms with Crippen LogP contribution in [0.1, 0.15) is 12.2 Å². The summed E-state index contributed by atoms with van der Waals surface area (Å²) < 4.78 is 18.4. The molecule has 0 saturated carbocycles. The quantitative estimate of drug-likeness (QED) is 0.474. The van der Waals surface area contributed by atoms with Gasteiger partial charge >= 0.3 is 0 Å². The number of pyridine rings is 2. The molecule has 0 aromatic carbocycles. The van der Waals surface area contributed by atoms with Gasteiger partial charge in [0.2, 0.25) is 11.5 Å². The maximum Gasteiger partial charge on any atom is 0.262 e. The lowest BCUT2D eigenvalue weighted by molar-refractivity contribution is -0.144. The molecule has 5 heterocycles. The number of aromatic nitrogens is 5. The molecule has 1 fully saturated rings. The van der Waals surface area contributed by atoms with Gasteiger partial charge in [-0.25, -0.2) is 24.3 Å². The van der Waals surface area contributed by atoms with E-state index in [-0.39, 0.29) is 18.1 Å². The second-order valence-corrected chi connectivity index (χ2v) is 7.57. The molecule has 1 saturated heterocycles. The lowest BCUT2D eigenvalue weighted by atomic mass is 9.98. The van der Waals surface area contributed by atoms with Crippen molar-refractivity contribution in [2.75, 3.05) is 18.9 Å². The van der Waals surface area contributed by atoms with Gasteiger partial charge < -0.3 is 19.8 Å². The van der Waals surface area contributed by atoms with Crippen LogP contribution in [0.4, 0.5) is 16.2 Å². The fraction of sp³-hybridized carbons (Fsp3) is 0.182. The third kappa shape index (κ3) is 3.89. The first-order valence-corrected chi connectivity index (χ1v) is 10.1. The highest BCUT2D eigenvalue weighted by atomic mass is 19.1. The van der Waals surface area contributed by atoms with Crippen LogP contribution in [0.5, 0.6) is 0 Å². The van der Waals surface area contributed by atoms with Crippen LogP contribution in [0.3, 0.4) is 0 Å². The third-order valence-corrected chi connectivity index (χ3v) is 5.32. The monoisotopic (exact) mass is 447 g/mol. The molecule has 0 radical (unpaired) electrons. The molecule has 2 N–H and O–H groups in total. The first-order valence-electron chi connectivity index (χ1n) is 10.1. The fourth-order valence-electron chi connectivity index (χ4n) is 3.52. The highest BCUT2D eigenvalue weighted by Crippen LogP contribution is 2.34. The first-order chi connectivity index (χ1) is 15.9. The molecule has 1 amide bonds. The third-order valence-electron chi connectivity index (χ3n) is 5.32. The zero-order chi connectivity index (χ0) is 23.0. The topological polar surface area (TPSA) is 130 Å². The van der Waals surface area contributed by atoms with Crippen LogP contribution >= 0.6 is 0 Å². The fourth-order valence-corrected chi connectivity index (χ4v) is 3.52. The molecule has 1 aliphatic heterocycles. The average Bonchev–Trinajstić information content (AvgIpc) is 3.43. The first kappa shape index (κ1) is 20.6. The number of carbonyl (C=O) groups is 1. The molecule has 4 aromatic heterocycles. The van der Waals surface area contributed by atoms with Crippen molar-refractivity contribution in [2.24, 2.45) is 0 Å². The van der Waals surface area contributed by atoms with Crippen LogP contribution in [-0.4, -0.2) is 54.6 Å². The summed E-state index contributed by atoms with van der Waals surface area (Å²) in [6.07, 6.45) is 2.88. The minimum absolute atomic E-state index is 0.0828. The predicted molar refractivity (Wildman–Crippen MR) is 114 cm³/mol. The van der Waals surface area contributed by atoms with Crippen LogP contribution < -0.4 is 5.32 Å². The van der Waals surface area contributed by atoms with Gasteiger partial charge in [0.1, 0.15) is 17.3 Å². The van der Waals surface area contributed by atoms with Crippen LogP contribution in [0.2, 0.25) is 0 Å². The van der Waals surface area contributed by atoms with Gasteiger partial charge in [-0.15, -0.1) is 0 Å². The maximum absolute atomic E-state index is 13.1. The lowest BCUT2D eigenvalue weighted by Gasteiger charge is -2.16. The molecule has 1 atom stereocenters. The van der Waals surface area contributed by atoms with Crippen molar-refractivity contribution >= 4 is 17.7 Å². The summed E-state index contributed by atoms with van der Waals surface area (Å²) in [5, 5.41) is 17.7. The molecular weight excluding hydrogens is 429 g/mol. The molecule has 4 aromatic rings. The highest BCUT2D eigenvalue weighted by molar-refractivity contribution is 5.87. The maximum atomic E-state index is 13.1. The summed E-state index contributed by atoms with van der Waals surface area (Å²) in [6.45, 7) is 0.427. The number of aliphatic hydroxyl groups is 1. The predicted octanol–water partition coefficient (Wildman–Crippen LogP) is 2.52. The summed E-state index contributed by atoms with van der Waals surface area (Å²) in [5.74, 6) is -0.115. The Morgan fingerprint density at radius 1 is 1.09 bits per heavy atom. The Morgan fingerprint density at radius 3 is 2.61 bits per heavy atom. The van der Waals surface area contributed by atoms with Crippen molar-refractivity contribution in [1.29, 1.82) is 0 Å². The molecule has 33 heavy (non-hydrogen) atoms. The minimum atomic E-state index is -1.72. The zero-order valence-electron chi connectivity index (χ0n) is 17.4. The van der Waals surface area contributed by atoms with Crippen LogP contribution in [0, 0.1) is 5.82 Å². The summed E-state index contributed by atoms with van der Waals surface area (Å²) in [6, 6.07) is 11.3. The lowest BCUT2D eigenvalue weighted by Crippen LogP contribution is -2.35. The van der Waals surface area contributed by atoms with Gasteiger partial charge in [0.25, 0.3) is 5.91 Å². The Balaban J connectivity index is 1.41. The number of likely N-dealkylation sites (tertiary alicyclic amines) is 1. The Hall–Kier alpha value is -4.25. The van der Waals surface area contributed by atoms with Crippen LogP contribution in [-0.2, 0) is 10.4 Å². The van der Waals surface area contributed by atoms with Gasteiger partial charge in [0.05, 0.1) is 23.3 Å². The van der Waals surface area contributed by atoms with Gasteiger partial charge in [-0.2, -0.15) is 0 Å². The normalized spacial score (nSPS) is 18.0. The SMILES string of the molecule is CN1CCC(O)(c2cc(-c3cccc(-c4ccnc(Nc5ccc(F)cn5)n4)n3)no2)C1=O. The van der Waals surface area contributed by atoms with E-state index in [9.17, 15) is 14.3 Å². The van der Waals surface area contributed by atoms with E-state index in [0.717, 1.165) is 6.20 Å². The molecule has 10 nitrogen and oxygen atoms in total. The summed E-state index contributed by atoms with van der Waals surface area (Å²) in [7, 11) is 1.62. The molecule has 5 rings (SSSR count). The van der Waals surface area contributed by atoms with Crippen LogP contribution in [0.15, 0.2) is 59.4 Å². The van der Waals surface area contributed by atoms with E-state index >= 15 is 0 Å². The number of rotatable bonds is 5. The van der Waals surface area contributed by atoms with Crippen molar-refractivity contribution < 1.29 is 18.8 Å². The standard InChI is InChI=1S/C22H18FN7O3/c1-30-10-8-22(32,20(30)31)18-11-17(29-33-18)15-4-2-3-14(26-15)16-7-9-24-21(27-16)28-19-6-5-13(23)12-25-19/h2-7,9,11-12,32H,8,10H2,1H3,(H,24,25,27,28). The molecule has 0 bridgehead atoms. The van der Waals surface area contributed by atoms with Gasteiger partial charge in [-0.05, 0) is 30.3 Å². The van der Waals surface area contributed by atoms with Gasteiger partial charge in [-0.1, -0.05) is 11.2 Å². The molecule has 1 aliphatic rings. The van der Waals surface area contributed by atoms with E-state index in [2.05, 4.69) is 30.4 Å². The molecule has 1 unspecified atom stereocenters. The van der Waals surface area contributed by atoms with E-state index < -0.39 is 17.3 Å². The Labute approximate surface area is 187 Å². The smallest absolute Gasteiger partial charge is 0.262 e. The number of amides is 1. The minimum Gasteiger partial charge on any atom is -0.373 e. The number of halogens is 1. The average molecular weight is 447 g/mol. The van der Waals surface area contributed by atoms with Crippen molar-refractivity contribution in [3.05, 3.63) is 66.4 Å². The van der Waals surface area contributed by atoms with Crippen molar-refractivity contribution in [3.63, 3.8) is 0 Å².